The Morgan fingerprint density at radius 2 is 2.00 bits per heavy atom. The van der Waals surface area contributed by atoms with Crippen molar-refractivity contribution < 1.29 is 0 Å². The first-order chi connectivity index (χ1) is 5.04. The number of nitrogens with zero attached hydrogens (tertiary/aromatic N) is 2. The summed E-state index contributed by atoms with van der Waals surface area (Å²) < 4.78 is 0.527. The minimum absolute atomic E-state index is 0.398. The average Bonchev–Trinajstić information content (AvgIpc) is 1.97. The van der Waals surface area contributed by atoms with Crippen LogP contribution in [0.3, 0.4) is 0 Å². The Morgan fingerprint density at radius 3 is 2.55 bits per heavy atom. The molecule has 0 spiro atoms. The van der Waals surface area contributed by atoms with Gasteiger partial charge in [-0.05, 0) is 15.9 Å². The molecule has 0 atom stereocenters. The van der Waals surface area contributed by atoms with Crippen molar-refractivity contribution in [2.24, 2.45) is 5.10 Å². The SMILES string of the molecule is C=C1C(Cl)=C(Cl)C(Br)=NN1C. The first kappa shape index (κ1) is 9.10. The van der Waals surface area contributed by atoms with Gasteiger partial charge in [-0.3, -0.25) is 5.01 Å². The highest BCUT2D eigenvalue weighted by Gasteiger charge is 2.18. The molecule has 0 unspecified atom stereocenters. The van der Waals surface area contributed by atoms with E-state index < -0.39 is 0 Å². The van der Waals surface area contributed by atoms with Gasteiger partial charge < -0.3 is 0 Å². The molecule has 1 rings (SSSR count). The van der Waals surface area contributed by atoms with E-state index in [0.717, 1.165) is 0 Å². The van der Waals surface area contributed by atoms with Gasteiger partial charge in [0.15, 0.2) is 0 Å². The minimum atomic E-state index is 0.398. The number of hydrogen-bond donors (Lipinski definition) is 0. The van der Waals surface area contributed by atoms with E-state index in [0.29, 0.717) is 20.4 Å². The number of rotatable bonds is 0. The van der Waals surface area contributed by atoms with Crippen LogP contribution < -0.4 is 0 Å². The van der Waals surface area contributed by atoms with Gasteiger partial charge in [-0.1, -0.05) is 29.8 Å². The molecule has 0 bridgehead atoms. The maximum absolute atomic E-state index is 5.80. The zero-order valence-corrected chi connectivity index (χ0v) is 8.83. The molecule has 0 aromatic heterocycles. The highest BCUT2D eigenvalue weighted by Crippen LogP contribution is 2.30. The summed E-state index contributed by atoms with van der Waals surface area (Å²) in [6.45, 7) is 3.68. The molecule has 0 radical (unpaired) electrons. The van der Waals surface area contributed by atoms with E-state index in [2.05, 4.69) is 27.6 Å². The van der Waals surface area contributed by atoms with Gasteiger partial charge in [0.1, 0.15) is 4.62 Å². The van der Waals surface area contributed by atoms with Crippen molar-refractivity contribution in [3.8, 4) is 0 Å². The second-order valence-corrected chi connectivity index (χ2v) is 3.50. The molecule has 0 saturated carbocycles. The Bertz CT molecular complexity index is 270. The largest absolute Gasteiger partial charge is 0.267 e. The highest BCUT2D eigenvalue weighted by molar-refractivity contribution is 9.18. The van der Waals surface area contributed by atoms with E-state index in [1.807, 2.05) is 0 Å². The molecule has 0 amide bonds. The topological polar surface area (TPSA) is 15.6 Å². The van der Waals surface area contributed by atoms with Gasteiger partial charge in [0.2, 0.25) is 0 Å². The summed E-state index contributed by atoms with van der Waals surface area (Å²) in [6.07, 6.45) is 0. The molecule has 11 heavy (non-hydrogen) atoms. The van der Waals surface area contributed by atoms with Crippen LogP contribution in [0, 0.1) is 0 Å². The van der Waals surface area contributed by atoms with E-state index in [1.54, 1.807) is 12.1 Å². The monoisotopic (exact) mass is 254 g/mol. The van der Waals surface area contributed by atoms with Crippen LogP contribution in [0.15, 0.2) is 27.4 Å². The average molecular weight is 256 g/mol. The van der Waals surface area contributed by atoms with Gasteiger partial charge in [-0.2, -0.15) is 5.10 Å². The quantitative estimate of drug-likeness (QED) is 0.650. The molecule has 5 heteroatoms. The normalized spacial score (nSPS) is 19.1. The molecule has 1 aliphatic heterocycles. The molecule has 1 aliphatic rings. The fourth-order valence-corrected chi connectivity index (χ4v) is 1.50. The number of likely N-dealkylation sites (N-methyl/N-ethyl adjacent to an activating group) is 1. The third kappa shape index (κ3) is 1.60. The Hall–Kier alpha value is 0.01000. The molecule has 0 aromatic carbocycles. The van der Waals surface area contributed by atoms with Crippen LogP contribution in [0.1, 0.15) is 0 Å². The van der Waals surface area contributed by atoms with Crippen molar-refractivity contribution in [1.29, 1.82) is 0 Å². The maximum Gasteiger partial charge on any atom is 0.146 e. The van der Waals surface area contributed by atoms with Crippen molar-refractivity contribution >= 4 is 43.8 Å². The standard InChI is InChI=1S/C6H5BrCl2N2/c1-3-4(8)5(9)6(7)10-11(3)2/h1H2,2H3. The summed E-state index contributed by atoms with van der Waals surface area (Å²) >= 11 is 14.7. The third-order valence-corrected chi connectivity index (χ3v) is 2.91. The number of allylic oxidation sites excluding steroid dienone is 2. The zero-order valence-electron chi connectivity index (χ0n) is 5.74. The number of hydrogen-bond acceptors (Lipinski definition) is 2. The fraction of sp³-hybridized carbons (Fsp3) is 0.167. The van der Waals surface area contributed by atoms with E-state index in [9.17, 15) is 0 Å². The van der Waals surface area contributed by atoms with Crippen LogP contribution in [-0.2, 0) is 0 Å². The lowest BCUT2D eigenvalue weighted by Gasteiger charge is -2.20. The first-order valence-corrected chi connectivity index (χ1v) is 4.31. The Morgan fingerprint density at radius 1 is 1.45 bits per heavy atom. The first-order valence-electron chi connectivity index (χ1n) is 2.76. The van der Waals surface area contributed by atoms with Gasteiger partial charge >= 0.3 is 0 Å². The van der Waals surface area contributed by atoms with Crippen molar-refractivity contribution in [3.63, 3.8) is 0 Å². The molecule has 2 nitrogen and oxygen atoms in total. The summed E-state index contributed by atoms with van der Waals surface area (Å²) in [5.74, 6) is 0. The maximum atomic E-state index is 5.80. The van der Waals surface area contributed by atoms with E-state index in [-0.39, 0.29) is 0 Å². The molecule has 0 N–H and O–H groups in total. The second-order valence-electron chi connectivity index (χ2n) is 1.99. The van der Waals surface area contributed by atoms with E-state index in [4.69, 9.17) is 23.2 Å². The van der Waals surface area contributed by atoms with Crippen LogP contribution in [0.4, 0.5) is 0 Å². The summed E-state index contributed by atoms with van der Waals surface area (Å²) in [5, 5.41) is 6.37. The lowest BCUT2D eigenvalue weighted by atomic mass is 10.4. The number of halogens is 3. The second kappa shape index (κ2) is 3.17. The zero-order chi connectivity index (χ0) is 8.59. The van der Waals surface area contributed by atoms with Crippen molar-refractivity contribution in [2.75, 3.05) is 7.05 Å². The van der Waals surface area contributed by atoms with Crippen molar-refractivity contribution in [3.05, 3.63) is 22.3 Å². The van der Waals surface area contributed by atoms with Crippen LogP contribution >= 0.6 is 39.1 Å². The summed E-state index contributed by atoms with van der Waals surface area (Å²) in [4.78, 5) is 0. The minimum Gasteiger partial charge on any atom is -0.267 e. The molecule has 1 heterocycles. The van der Waals surface area contributed by atoms with Crippen molar-refractivity contribution in [1.82, 2.24) is 5.01 Å². The lowest BCUT2D eigenvalue weighted by Crippen LogP contribution is -2.17. The molecule has 0 aromatic rings. The molecule has 0 fully saturated rings. The Balaban J connectivity index is 3.12. The van der Waals surface area contributed by atoms with Crippen LogP contribution in [0.5, 0.6) is 0 Å². The fourth-order valence-electron chi connectivity index (χ4n) is 0.595. The van der Waals surface area contributed by atoms with Gasteiger partial charge in [0.05, 0.1) is 15.8 Å². The Labute approximate surface area is 83.3 Å². The van der Waals surface area contributed by atoms with Crippen LogP contribution in [-0.4, -0.2) is 16.7 Å². The smallest absolute Gasteiger partial charge is 0.146 e. The summed E-state index contributed by atoms with van der Waals surface area (Å²) in [5.41, 5.74) is 0.597. The summed E-state index contributed by atoms with van der Waals surface area (Å²) in [7, 11) is 1.75. The molecule has 0 aliphatic carbocycles. The van der Waals surface area contributed by atoms with Gasteiger partial charge in [0, 0.05) is 7.05 Å². The molecule has 0 saturated heterocycles. The van der Waals surface area contributed by atoms with E-state index in [1.165, 1.54) is 0 Å². The predicted octanol–water partition coefficient (Wildman–Crippen LogP) is 2.84. The predicted molar refractivity (Wildman–Crippen MR) is 52.0 cm³/mol. The number of hydrazone groups is 1. The van der Waals surface area contributed by atoms with Gasteiger partial charge in [0.25, 0.3) is 0 Å². The van der Waals surface area contributed by atoms with Crippen LogP contribution in [0.2, 0.25) is 0 Å². The molecular weight excluding hydrogens is 251 g/mol. The summed E-state index contributed by atoms with van der Waals surface area (Å²) in [6, 6.07) is 0. The molecular formula is C6H5BrCl2N2. The lowest BCUT2D eigenvalue weighted by molar-refractivity contribution is 0.459. The Kier molecular flexibility index (Phi) is 2.62. The molecule has 60 valence electrons. The van der Waals surface area contributed by atoms with Crippen LogP contribution in [0.25, 0.3) is 0 Å². The third-order valence-electron chi connectivity index (χ3n) is 1.26. The van der Waals surface area contributed by atoms with Gasteiger partial charge in [-0.25, -0.2) is 0 Å². The van der Waals surface area contributed by atoms with Gasteiger partial charge in [-0.15, -0.1) is 0 Å². The highest BCUT2D eigenvalue weighted by atomic mass is 79.9. The van der Waals surface area contributed by atoms with Crippen molar-refractivity contribution in [2.45, 2.75) is 0 Å². The van der Waals surface area contributed by atoms with E-state index >= 15 is 0 Å².